The molecule has 3 nitrogen and oxygen atoms in total. The summed E-state index contributed by atoms with van der Waals surface area (Å²) in [4.78, 5) is 0.421. The predicted molar refractivity (Wildman–Crippen MR) is 76.5 cm³/mol. The van der Waals surface area contributed by atoms with E-state index in [0.717, 1.165) is 35.7 Å². The van der Waals surface area contributed by atoms with E-state index in [1.807, 2.05) is 6.07 Å². The number of rotatable bonds is 3. The van der Waals surface area contributed by atoms with Crippen molar-refractivity contribution in [2.45, 2.75) is 36.0 Å². The van der Waals surface area contributed by atoms with Crippen molar-refractivity contribution in [1.82, 2.24) is 0 Å². The van der Waals surface area contributed by atoms with E-state index in [9.17, 15) is 8.42 Å². The summed E-state index contributed by atoms with van der Waals surface area (Å²) in [7, 11) is -3.23. The van der Waals surface area contributed by atoms with Gasteiger partial charge in [0.25, 0.3) is 0 Å². The second kappa shape index (κ2) is 4.94. The molecule has 2 N–H and O–H groups in total. The zero-order chi connectivity index (χ0) is 13.4. The molecule has 0 atom stereocenters. The number of nitrogens with two attached hydrogens (primary N) is 1. The number of benzene rings is 1. The van der Waals surface area contributed by atoms with Gasteiger partial charge in [-0.3, -0.25) is 0 Å². The van der Waals surface area contributed by atoms with Crippen molar-refractivity contribution < 1.29 is 8.42 Å². The quantitative estimate of drug-likeness (QED) is 0.926. The first-order chi connectivity index (χ1) is 8.41. The smallest absolute Gasteiger partial charge is 0.175 e. The van der Waals surface area contributed by atoms with E-state index in [1.54, 1.807) is 12.1 Å². The molecule has 1 saturated carbocycles. The molecule has 18 heavy (non-hydrogen) atoms. The van der Waals surface area contributed by atoms with Crippen LogP contribution in [0, 0.1) is 0 Å². The van der Waals surface area contributed by atoms with Crippen LogP contribution in [0.5, 0.6) is 0 Å². The van der Waals surface area contributed by atoms with E-state index in [2.05, 4.69) is 15.9 Å². The van der Waals surface area contributed by atoms with E-state index in [0.29, 0.717) is 11.4 Å². The molecule has 0 unspecified atom stereocenters. The van der Waals surface area contributed by atoms with Gasteiger partial charge in [-0.2, -0.15) is 0 Å². The Balaban J connectivity index is 2.69. The van der Waals surface area contributed by atoms with Crippen molar-refractivity contribution in [3.63, 3.8) is 0 Å². The summed E-state index contributed by atoms with van der Waals surface area (Å²) in [6.07, 6.45) is 5.42. The second-order valence-electron chi connectivity index (χ2n) is 5.08. The highest BCUT2D eigenvalue weighted by molar-refractivity contribution is 9.10. The van der Waals surface area contributed by atoms with Crippen LogP contribution >= 0.6 is 15.9 Å². The molecule has 1 aliphatic rings. The van der Waals surface area contributed by atoms with Gasteiger partial charge in [0.2, 0.25) is 0 Å². The lowest BCUT2D eigenvalue weighted by Gasteiger charge is -2.30. The Labute approximate surface area is 117 Å². The van der Waals surface area contributed by atoms with Crippen molar-refractivity contribution in [2.24, 2.45) is 5.73 Å². The molecule has 1 aromatic rings. The molecule has 0 amide bonds. The molecular weight excluding hydrogens is 314 g/mol. The van der Waals surface area contributed by atoms with Crippen LogP contribution in [0.2, 0.25) is 0 Å². The van der Waals surface area contributed by atoms with Gasteiger partial charge in [-0.1, -0.05) is 34.8 Å². The minimum atomic E-state index is -3.23. The van der Waals surface area contributed by atoms with Crippen molar-refractivity contribution in [3.8, 4) is 0 Å². The Morgan fingerprint density at radius 1 is 1.33 bits per heavy atom. The highest BCUT2D eigenvalue weighted by Crippen LogP contribution is 2.45. The molecule has 0 bridgehead atoms. The maximum atomic E-state index is 12.0. The Bertz CT molecular complexity index is 548. The standard InChI is InChI=1S/C13H18BrNO2S/c1-18(16,17)11-6-4-5-10(14)12(11)13(9-15)7-2-3-8-13/h4-6H,2-3,7-9,15H2,1H3. The molecule has 100 valence electrons. The molecule has 1 aromatic carbocycles. The van der Waals surface area contributed by atoms with Gasteiger partial charge in [0.15, 0.2) is 9.84 Å². The van der Waals surface area contributed by atoms with Crippen LogP contribution in [0.4, 0.5) is 0 Å². The lowest BCUT2D eigenvalue weighted by atomic mass is 9.79. The normalized spacial score (nSPS) is 19.1. The first-order valence-electron chi connectivity index (χ1n) is 6.10. The lowest BCUT2D eigenvalue weighted by Crippen LogP contribution is -2.34. The molecule has 1 aliphatic carbocycles. The monoisotopic (exact) mass is 331 g/mol. The van der Waals surface area contributed by atoms with Gasteiger partial charge in [-0.25, -0.2) is 8.42 Å². The van der Waals surface area contributed by atoms with Crippen molar-refractivity contribution >= 4 is 25.8 Å². The highest BCUT2D eigenvalue weighted by Gasteiger charge is 2.39. The molecule has 0 saturated heterocycles. The van der Waals surface area contributed by atoms with Crippen LogP contribution in [0.25, 0.3) is 0 Å². The minimum absolute atomic E-state index is 0.182. The van der Waals surface area contributed by atoms with Crippen LogP contribution in [0.1, 0.15) is 31.2 Å². The van der Waals surface area contributed by atoms with Crippen LogP contribution < -0.4 is 5.73 Å². The summed E-state index contributed by atoms with van der Waals surface area (Å²) < 4.78 is 24.8. The summed E-state index contributed by atoms with van der Waals surface area (Å²) in [5.74, 6) is 0. The number of hydrogen-bond acceptors (Lipinski definition) is 3. The summed E-state index contributed by atoms with van der Waals surface area (Å²) in [5, 5.41) is 0. The van der Waals surface area contributed by atoms with Gasteiger partial charge in [-0.05, 0) is 30.5 Å². The van der Waals surface area contributed by atoms with Gasteiger partial charge < -0.3 is 5.73 Å². The number of sulfone groups is 1. The third kappa shape index (κ3) is 2.36. The van der Waals surface area contributed by atoms with Crippen LogP contribution in [0.15, 0.2) is 27.6 Å². The zero-order valence-corrected chi connectivity index (χ0v) is 12.9. The molecule has 0 radical (unpaired) electrons. The highest BCUT2D eigenvalue weighted by atomic mass is 79.9. The average Bonchev–Trinajstić information content (AvgIpc) is 2.77. The van der Waals surface area contributed by atoms with E-state index < -0.39 is 9.84 Å². The third-order valence-corrected chi connectivity index (χ3v) is 5.66. The summed E-state index contributed by atoms with van der Waals surface area (Å²) in [6, 6.07) is 5.36. The fourth-order valence-electron chi connectivity index (χ4n) is 2.94. The largest absolute Gasteiger partial charge is 0.330 e. The van der Waals surface area contributed by atoms with Gasteiger partial charge in [-0.15, -0.1) is 0 Å². The van der Waals surface area contributed by atoms with Crippen molar-refractivity contribution in [3.05, 3.63) is 28.2 Å². The minimum Gasteiger partial charge on any atom is -0.330 e. The van der Waals surface area contributed by atoms with E-state index in [4.69, 9.17) is 5.73 Å². The fourth-order valence-corrected chi connectivity index (χ4v) is 4.88. The second-order valence-corrected chi connectivity index (χ2v) is 7.92. The molecule has 2 rings (SSSR count). The van der Waals surface area contributed by atoms with Crippen LogP contribution in [-0.2, 0) is 15.3 Å². The Morgan fingerprint density at radius 3 is 2.44 bits per heavy atom. The van der Waals surface area contributed by atoms with Gasteiger partial charge in [0.1, 0.15) is 0 Å². The van der Waals surface area contributed by atoms with Gasteiger partial charge in [0, 0.05) is 22.7 Å². The maximum Gasteiger partial charge on any atom is 0.175 e. The number of hydrogen-bond donors (Lipinski definition) is 1. The predicted octanol–water partition coefficient (Wildman–Crippen LogP) is 2.62. The molecule has 5 heteroatoms. The zero-order valence-electron chi connectivity index (χ0n) is 10.4. The van der Waals surface area contributed by atoms with E-state index >= 15 is 0 Å². The Kier molecular flexibility index (Phi) is 3.85. The molecule has 0 spiro atoms. The van der Waals surface area contributed by atoms with Crippen LogP contribution in [0.3, 0.4) is 0 Å². The first kappa shape index (κ1) is 14.0. The summed E-state index contributed by atoms with van der Waals surface area (Å²) in [6.45, 7) is 0.498. The van der Waals surface area contributed by atoms with Crippen molar-refractivity contribution in [2.75, 3.05) is 12.8 Å². The molecule has 0 aromatic heterocycles. The summed E-state index contributed by atoms with van der Waals surface area (Å²) in [5.41, 5.74) is 6.67. The van der Waals surface area contributed by atoms with Crippen molar-refractivity contribution in [1.29, 1.82) is 0 Å². The summed E-state index contributed by atoms with van der Waals surface area (Å²) >= 11 is 3.51. The molecular formula is C13H18BrNO2S. The SMILES string of the molecule is CS(=O)(=O)c1cccc(Br)c1C1(CN)CCCC1. The number of halogens is 1. The van der Waals surface area contributed by atoms with E-state index in [-0.39, 0.29) is 5.41 Å². The Hall–Kier alpha value is -0.390. The van der Waals surface area contributed by atoms with Gasteiger partial charge in [0.05, 0.1) is 4.90 Å². The van der Waals surface area contributed by atoms with Gasteiger partial charge >= 0.3 is 0 Å². The molecule has 0 aliphatic heterocycles. The Morgan fingerprint density at radius 2 is 1.94 bits per heavy atom. The maximum absolute atomic E-state index is 12.0. The fraction of sp³-hybridized carbons (Fsp3) is 0.538. The topological polar surface area (TPSA) is 60.2 Å². The third-order valence-electron chi connectivity index (χ3n) is 3.86. The van der Waals surface area contributed by atoms with Crippen LogP contribution in [-0.4, -0.2) is 21.2 Å². The molecule has 0 heterocycles. The lowest BCUT2D eigenvalue weighted by molar-refractivity contribution is 0.441. The molecule has 1 fully saturated rings. The average molecular weight is 332 g/mol. The van der Waals surface area contributed by atoms with E-state index in [1.165, 1.54) is 6.26 Å². The first-order valence-corrected chi connectivity index (χ1v) is 8.78.